The van der Waals surface area contributed by atoms with Crippen LogP contribution < -0.4 is 15.4 Å². The summed E-state index contributed by atoms with van der Waals surface area (Å²) in [7, 11) is 0. The summed E-state index contributed by atoms with van der Waals surface area (Å²) >= 11 is 0. The minimum Gasteiger partial charge on any atom is -0.474 e. The number of carbonyl (C=O) groups excluding carboxylic acids is 1. The van der Waals surface area contributed by atoms with Gasteiger partial charge in [-0.15, -0.1) is 0 Å². The second-order valence-corrected chi connectivity index (χ2v) is 12.4. The summed E-state index contributed by atoms with van der Waals surface area (Å²) in [4.78, 5) is 39.9. The zero-order valence-electron chi connectivity index (χ0n) is 24.4. The average Bonchev–Trinajstić information content (AvgIpc) is 3.46. The normalized spacial score (nSPS) is 22.5. The number of carbonyl (C=O) groups is 2. The molecule has 3 aromatic heterocycles. The molecule has 2 saturated carbocycles. The first-order chi connectivity index (χ1) is 20.1. The molecule has 0 spiro atoms. The lowest BCUT2D eigenvalue weighted by molar-refractivity contribution is 0.0750. The molecule has 1 aliphatic heterocycles. The number of aromatic nitrogens is 5. The van der Waals surface area contributed by atoms with Gasteiger partial charge in [0.25, 0.3) is 5.91 Å². The van der Waals surface area contributed by atoms with Crippen LogP contribution in [0.4, 0.5) is 10.6 Å². The number of aryl methyl sites for hydroxylation is 1. The molecule has 0 aromatic carbocycles. The van der Waals surface area contributed by atoms with Crippen molar-refractivity contribution in [2.75, 3.05) is 18.4 Å². The molecule has 3 aliphatic rings. The van der Waals surface area contributed by atoms with Gasteiger partial charge in [0.2, 0.25) is 11.8 Å². The molecular formula is C30H38N8O4. The van der Waals surface area contributed by atoms with E-state index in [2.05, 4.69) is 32.6 Å². The van der Waals surface area contributed by atoms with Crippen molar-refractivity contribution < 1.29 is 19.4 Å². The van der Waals surface area contributed by atoms with Gasteiger partial charge in [-0.25, -0.2) is 19.4 Å². The number of amides is 2. The summed E-state index contributed by atoms with van der Waals surface area (Å²) in [5.41, 5.74) is 1.10. The van der Waals surface area contributed by atoms with Crippen molar-refractivity contribution in [3.05, 3.63) is 53.6 Å². The number of rotatable bonds is 9. The Kier molecular flexibility index (Phi) is 7.24. The third kappa shape index (κ3) is 5.62. The highest BCUT2D eigenvalue weighted by Crippen LogP contribution is 2.48. The Bertz CT molecular complexity index is 1460. The molecule has 1 saturated heterocycles. The van der Waals surface area contributed by atoms with E-state index in [-0.39, 0.29) is 29.9 Å². The van der Waals surface area contributed by atoms with Gasteiger partial charge in [0, 0.05) is 55.6 Å². The van der Waals surface area contributed by atoms with Crippen LogP contribution in [0.15, 0.2) is 36.8 Å². The fourth-order valence-electron chi connectivity index (χ4n) is 6.45. The van der Waals surface area contributed by atoms with Gasteiger partial charge in [0.15, 0.2) is 0 Å². The van der Waals surface area contributed by atoms with Gasteiger partial charge >= 0.3 is 6.09 Å². The maximum atomic E-state index is 13.4. The van der Waals surface area contributed by atoms with Crippen LogP contribution in [0.2, 0.25) is 0 Å². The van der Waals surface area contributed by atoms with Gasteiger partial charge in [-0.05, 0) is 64.2 Å². The average molecular weight is 575 g/mol. The molecule has 12 nitrogen and oxygen atoms in total. The number of carboxylic acid groups (broad SMARTS) is 1. The van der Waals surface area contributed by atoms with Gasteiger partial charge in [-0.3, -0.25) is 4.79 Å². The Morgan fingerprint density at radius 2 is 1.81 bits per heavy atom. The van der Waals surface area contributed by atoms with E-state index in [0.29, 0.717) is 47.9 Å². The first-order valence-corrected chi connectivity index (χ1v) is 14.7. The molecule has 222 valence electrons. The molecule has 3 aromatic rings. The van der Waals surface area contributed by atoms with E-state index in [0.717, 1.165) is 5.56 Å². The van der Waals surface area contributed by atoms with Gasteiger partial charge < -0.3 is 25.4 Å². The largest absolute Gasteiger partial charge is 0.474 e. The Morgan fingerprint density at radius 1 is 1.12 bits per heavy atom. The van der Waals surface area contributed by atoms with E-state index in [1.807, 2.05) is 37.8 Å². The topological polar surface area (TPSA) is 147 Å². The molecule has 12 heteroatoms. The van der Waals surface area contributed by atoms with Crippen molar-refractivity contribution in [3.8, 4) is 11.8 Å². The molecule has 0 radical (unpaired) electrons. The van der Waals surface area contributed by atoms with E-state index in [1.54, 1.807) is 24.7 Å². The Morgan fingerprint density at radius 3 is 2.48 bits per heavy atom. The summed E-state index contributed by atoms with van der Waals surface area (Å²) in [6, 6.07) is 5.71. The highest BCUT2D eigenvalue weighted by molar-refractivity contribution is 5.95. The van der Waals surface area contributed by atoms with E-state index in [1.165, 1.54) is 30.4 Å². The lowest BCUT2D eigenvalue weighted by Gasteiger charge is -2.27. The highest BCUT2D eigenvalue weighted by atomic mass is 16.5. The lowest BCUT2D eigenvalue weighted by atomic mass is 9.94. The smallest absolute Gasteiger partial charge is 0.405 e. The van der Waals surface area contributed by atoms with E-state index in [4.69, 9.17) is 9.72 Å². The van der Waals surface area contributed by atoms with Crippen LogP contribution in [0.5, 0.6) is 5.88 Å². The van der Waals surface area contributed by atoms with Crippen LogP contribution in [0.25, 0.3) is 5.95 Å². The maximum absolute atomic E-state index is 13.4. The third-order valence-corrected chi connectivity index (χ3v) is 8.97. The fourth-order valence-corrected chi connectivity index (χ4v) is 6.45. The highest BCUT2D eigenvalue weighted by Gasteiger charge is 2.59. The van der Waals surface area contributed by atoms with Crippen LogP contribution in [0.3, 0.4) is 0 Å². The minimum absolute atomic E-state index is 0.0472. The van der Waals surface area contributed by atoms with Gasteiger partial charge in [-0.1, -0.05) is 12.8 Å². The van der Waals surface area contributed by atoms with Crippen LogP contribution >= 0.6 is 0 Å². The van der Waals surface area contributed by atoms with Crippen molar-refractivity contribution in [2.24, 2.45) is 17.8 Å². The predicted octanol–water partition coefficient (Wildman–Crippen LogP) is 4.01. The number of hydrogen-bond donors (Lipinski definition) is 3. The first kappa shape index (κ1) is 27.9. The number of pyridine rings is 1. The number of anilines is 1. The number of piperidine rings is 1. The number of fused-ring (bicyclic) bond motifs is 1. The molecule has 6 rings (SSSR count). The molecule has 2 amide bonds. The van der Waals surface area contributed by atoms with Crippen LogP contribution in [0.1, 0.15) is 68.1 Å². The van der Waals surface area contributed by atoms with Gasteiger partial charge in [0.05, 0.1) is 16.8 Å². The summed E-state index contributed by atoms with van der Waals surface area (Å²) in [6.07, 6.45) is 8.73. The van der Waals surface area contributed by atoms with Crippen LogP contribution in [0, 0.1) is 24.7 Å². The van der Waals surface area contributed by atoms with E-state index < -0.39 is 11.6 Å². The molecular weight excluding hydrogens is 536 g/mol. The second-order valence-electron chi connectivity index (χ2n) is 12.4. The number of nitrogens with zero attached hydrogens (tertiary/aromatic N) is 6. The Labute approximate surface area is 244 Å². The number of likely N-dealkylation sites (tertiary alicyclic amines) is 1. The lowest BCUT2D eigenvalue weighted by Crippen LogP contribution is -2.40. The van der Waals surface area contributed by atoms with Gasteiger partial charge in [-0.2, -0.15) is 10.1 Å². The third-order valence-electron chi connectivity index (χ3n) is 8.97. The fraction of sp³-hybridized carbons (Fsp3) is 0.533. The van der Waals surface area contributed by atoms with Crippen LogP contribution in [-0.4, -0.2) is 72.0 Å². The van der Waals surface area contributed by atoms with Crippen molar-refractivity contribution >= 4 is 17.8 Å². The van der Waals surface area contributed by atoms with Crippen molar-refractivity contribution in [1.82, 2.24) is 34.9 Å². The van der Waals surface area contributed by atoms with Crippen LogP contribution in [-0.2, 0) is 5.54 Å². The molecule has 3 N–H and O–H groups in total. The number of hydrogen-bond acceptors (Lipinski definition) is 8. The van der Waals surface area contributed by atoms with E-state index in [9.17, 15) is 14.7 Å². The standard InChI is InChI=1S/C30H38N8O4/c1-17(19-8-5-6-9-19)33-24-12-20(30(3,4)35-29(40)41)13-25(34-24)42-26-22-14-37(15-23(22)26)27(39)21-16-38(36-18(21)2)28-31-10-7-11-32-28/h7,10-13,16-17,19,22-23,26,35H,5-6,8-9,14-15H2,1-4H3,(H,33,34)(H,40,41)/t17?,22-,23+,26?. The maximum Gasteiger partial charge on any atom is 0.405 e. The molecule has 42 heavy (non-hydrogen) atoms. The zero-order chi connectivity index (χ0) is 29.6. The first-order valence-electron chi connectivity index (χ1n) is 14.7. The summed E-state index contributed by atoms with van der Waals surface area (Å²) in [5.74, 6) is 2.52. The summed E-state index contributed by atoms with van der Waals surface area (Å²) < 4.78 is 7.93. The quantitative estimate of drug-likeness (QED) is 0.345. The predicted molar refractivity (Wildman–Crippen MR) is 155 cm³/mol. The molecule has 3 fully saturated rings. The Hall–Kier alpha value is -4.22. The van der Waals surface area contributed by atoms with Crippen molar-refractivity contribution in [2.45, 2.75) is 71.1 Å². The summed E-state index contributed by atoms with van der Waals surface area (Å²) in [5, 5.41) is 20.0. The van der Waals surface area contributed by atoms with Crippen molar-refractivity contribution in [3.63, 3.8) is 0 Å². The minimum atomic E-state index is -1.09. The monoisotopic (exact) mass is 574 g/mol. The molecule has 0 bridgehead atoms. The van der Waals surface area contributed by atoms with Crippen molar-refractivity contribution in [1.29, 1.82) is 0 Å². The molecule has 4 atom stereocenters. The van der Waals surface area contributed by atoms with Gasteiger partial charge in [0.1, 0.15) is 11.9 Å². The SMILES string of the molecule is Cc1nn(-c2ncccn2)cc1C(=O)N1C[C@@H]2C(Oc3cc(C(C)(C)NC(=O)O)cc(NC(C)C4CCCC4)n3)[C@@H]2C1. The second kappa shape index (κ2) is 10.9. The summed E-state index contributed by atoms with van der Waals surface area (Å²) in [6.45, 7) is 8.84. The molecule has 2 unspecified atom stereocenters. The molecule has 2 aliphatic carbocycles. The molecule has 4 heterocycles. The Balaban J connectivity index is 1.14. The number of ether oxygens (including phenoxy) is 1. The zero-order valence-corrected chi connectivity index (χ0v) is 24.4. The van der Waals surface area contributed by atoms with E-state index >= 15 is 0 Å². The number of nitrogens with one attached hydrogen (secondary N) is 2.